The second kappa shape index (κ2) is 6.52. The molecule has 0 atom stereocenters. The predicted octanol–water partition coefficient (Wildman–Crippen LogP) is 3.49. The average Bonchev–Trinajstić information content (AvgIpc) is 2.34. The molecule has 1 aliphatic rings. The molecule has 0 spiro atoms. The van der Waals surface area contributed by atoms with Crippen LogP contribution < -0.4 is 5.32 Å². The summed E-state index contributed by atoms with van der Waals surface area (Å²) in [4.78, 5) is 10.6. The number of nitro groups is 1. The van der Waals surface area contributed by atoms with Crippen LogP contribution in [0.2, 0.25) is 0 Å². The Bertz CT molecular complexity index is 444. The highest BCUT2D eigenvalue weighted by atomic mass is 16.6. The van der Waals surface area contributed by atoms with Gasteiger partial charge in [-0.2, -0.15) is 0 Å². The minimum absolute atomic E-state index is 0.126. The molecule has 0 unspecified atom stereocenters. The molecular weight excluding hydrogens is 244 g/mol. The van der Waals surface area contributed by atoms with Crippen molar-refractivity contribution in [2.75, 3.05) is 11.9 Å². The van der Waals surface area contributed by atoms with Crippen LogP contribution in [0.4, 0.5) is 11.4 Å². The van der Waals surface area contributed by atoms with E-state index in [0.29, 0.717) is 18.4 Å². The highest BCUT2D eigenvalue weighted by Gasteiger charge is 2.18. The van der Waals surface area contributed by atoms with Crippen LogP contribution in [0, 0.1) is 10.1 Å². The average molecular weight is 264 g/mol. The van der Waals surface area contributed by atoms with Crippen molar-refractivity contribution in [1.29, 1.82) is 0 Å². The van der Waals surface area contributed by atoms with E-state index in [1.807, 2.05) is 13.0 Å². The SMILES string of the molecule is CCCNc1cc(COC2CCC2)ccc1[N+](=O)[O-]. The van der Waals surface area contributed by atoms with Crippen molar-refractivity contribution in [1.82, 2.24) is 0 Å². The van der Waals surface area contributed by atoms with Crippen molar-refractivity contribution in [3.63, 3.8) is 0 Å². The van der Waals surface area contributed by atoms with Crippen molar-refractivity contribution in [2.45, 2.75) is 45.3 Å². The van der Waals surface area contributed by atoms with Gasteiger partial charge < -0.3 is 10.1 Å². The third kappa shape index (κ3) is 3.67. The van der Waals surface area contributed by atoms with E-state index < -0.39 is 0 Å². The van der Waals surface area contributed by atoms with Crippen LogP contribution in [0.3, 0.4) is 0 Å². The Morgan fingerprint density at radius 3 is 2.84 bits per heavy atom. The Hall–Kier alpha value is -1.62. The molecule has 0 radical (unpaired) electrons. The lowest BCUT2D eigenvalue weighted by Gasteiger charge is -2.25. The zero-order valence-electron chi connectivity index (χ0n) is 11.2. The van der Waals surface area contributed by atoms with Gasteiger partial charge in [-0.1, -0.05) is 6.92 Å². The molecule has 0 aromatic heterocycles. The van der Waals surface area contributed by atoms with E-state index in [4.69, 9.17) is 4.74 Å². The van der Waals surface area contributed by atoms with Crippen LogP contribution in [0.15, 0.2) is 18.2 Å². The molecule has 19 heavy (non-hydrogen) atoms. The van der Waals surface area contributed by atoms with E-state index in [9.17, 15) is 10.1 Å². The summed E-state index contributed by atoms with van der Waals surface area (Å²) in [5.41, 5.74) is 1.69. The number of nitrogens with one attached hydrogen (secondary N) is 1. The summed E-state index contributed by atoms with van der Waals surface area (Å²) in [7, 11) is 0. The van der Waals surface area contributed by atoms with Gasteiger partial charge in [0.15, 0.2) is 0 Å². The van der Waals surface area contributed by atoms with Crippen LogP contribution in [0.25, 0.3) is 0 Å². The van der Waals surface area contributed by atoms with Crippen molar-refractivity contribution in [3.05, 3.63) is 33.9 Å². The molecule has 0 heterocycles. The van der Waals surface area contributed by atoms with E-state index in [2.05, 4.69) is 5.32 Å². The van der Waals surface area contributed by atoms with Crippen LogP contribution in [-0.2, 0) is 11.3 Å². The molecule has 2 rings (SSSR count). The fourth-order valence-electron chi connectivity index (χ4n) is 1.98. The summed E-state index contributed by atoms with van der Waals surface area (Å²) in [6, 6.07) is 5.15. The Labute approximate surface area is 113 Å². The zero-order chi connectivity index (χ0) is 13.7. The number of hydrogen-bond acceptors (Lipinski definition) is 4. The third-order valence-corrected chi connectivity index (χ3v) is 3.36. The second-order valence-electron chi connectivity index (χ2n) is 4.90. The number of nitro benzene ring substituents is 1. The first kappa shape index (κ1) is 13.8. The molecular formula is C14H20N2O3. The lowest BCUT2D eigenvalue weighted by atomic mass is 9.96. The van der Waals surface area contributed by atoms with Crippen molar-refractivity contribution >= 4 is 11.4 Å². The van der Waals surface area contributed by atoms with E-state index in [0.717, 1.165) is 31.4 Å². The first-order valence-electron chi connectivity index (χ1n) is 6.83. The smallest absolute Gasteiger partial charge is 0.292 e. The molecule has 5 heteroatoms. The Morgan fingerprint density at radius 1 is 1.47 bits per heavy atom. The van der Waals surface area contributed by atoms with Gasteiger partial charge in [-0.3, -0.25) is 10.1 Å². The van der Waals surface area contributed by atoms with Gasteiger partial charge in [0.2, 0.25) is 0 Å². The van der Waals surface area contributed by atoms with Gasteiger partial charge >= 0.3 is 0 Å². The largest absolute Gasteiger partial charge is 0.379 e. The van der Waals surface area contributed by atoms with Crippen molar-refractivity contribution in [2.24, 2.45) is 0 Å². The van der Waals surface area contributed by atoms with Gasteiger partial charge in [-0.05, 0) is 43.4 Å². The van der Waals surface area contributed by atoms with Gasteiger partial charge in [0.25, 0.3) is 5.69 Å². The van der Waals surface area contributed by atoms with Gasteiger partial charge in [-0.25, -0.2) is 0 Å². The summed E-state index contributed by atoms with van der Waals surface area (Å²) in [5, 5.41) is 14.1. The van der Waals surface area contributed by atoms with Crippen molar-refractivity contribution in [3.8, 4) is 0 Å². The highest BCUT2D eigenvalue weighted by Crippen LogP contribution is 2.27. The first-order valence-corrected chi connectivity index (χ1v) is 6.83. The fraction of sp³-hybridized carbons (Fsp3) is 0.571. The number of hydrogen-bond donors (Lipinski definition) is 1. The first-order chi connectivity index (χ1) is 9.20. The summed E-state index contributed by atoms with van der Waals surface area (Å²) in [6.07, 6.45) is 4.82. The molecule has 1 aliphatic carbocycles. The van der Waals surface area contributed by atoms with E-state index >= 15 is 0 Å². The van der Waals surface area contributed by atoms with Crippen LogP contribution in [0.1, 0.15) is 38.2 Å². The van der Waals surface area contributed by atoms with E-state index in [-0.39, 0.29) is 10.6 Å². The number of ether oxygens (including phenoxy) is 1. The third-order valence-electron chi connectivity index (χ3n) is 3.36. The maximum absolute atomic E-state index is 11.0. The lowest BCUT2D eigenvalue weighted by molar-refractivity contribution is -0.384. The molecule has 0 aliphatic heterocycles. The zero-order valence-corrected chi connectivity index (χ0v) is 11.2. The molecule has 1 aromatic rings. The van der Waals surface area contributed by atoms with Crippen LogP contribution in [-0.4, -0.2) is 17.6 Å². The normalized spacial score (nSPS) is 15.0. The molecule has 1 fully saturated rings. The molecule has 1 aromatic carbocycles. The maximum atomic E-state index is 11.0. The summed E-state index contributed by atoms with van der Waals surface area (Å²) < 4.78 is 5.73. The number of anilines is 1. The topological polar surface area (TPSA) is 64.4 Å². The predicted molar refractivity (Wildman–Crippen MR) is 74.3 cm³/mol. The molecule has 5 nitrogen and oxygen atoms in total. The molecule has 1 N–H and O–H groups in total. The number of rotatable bonds is 7. The fourth-order valence-corrected chi connectivity index (χ4v) is 1.98. The minimum atomic E-state index is -0.353. The molecule has 0 amide bonds. The Balaban J connectivity index is 2.04. The highest BCUT2D eigenvalue weighted by molar-refractivity contribution is 5.62. The summed E-state index contributed by atoms with van der Waals surface area (Å²) in [5.74, 6) is 0. The van der Waals surface area contributed by atoms with Crippen LogP contribution >= 0.6 is 0 Å². The molecule has 1 saturated carbocycles. The van der Waals surface area contributed by atoms with E-state index in [1.165, 1.54) is 6.42 Å². The van der Waals surface area contributed by atoms with Gasteiger partial charge in [0, 0.05) is 12.6 Å². The number of benzene rings is 1. The summed E-state index contributed by atoms with van der Waals surface area (Å²) in [6.45, 7) is 3.29. The molecule has 104 valence electrons. The van der Waals surface area contributed by atoms with Gasteiger partial charge in [-0.15, -0.1) is 0 Å². The minimum Gasteiger partial charge on any atom is -0.379 e. The standard InChI is InChI=1S/C14H20N2O3/c1-2-8-15-13-9-11(6-7-14(13)16(17)18)10-19-12-4-3-5-12/h6-7,9,12,15H,2-5,8,10H2,1H3. The monoisotopic (exact) mass is 264 g/mol. The molecule has 0 saturated heterocycles. The van der Waals surface area contributed by atoms with Crippen molar-refractivity contribution < 1.29 is 9.66 Å². The quantitative estimate of drug-likeness (QED) is 0.605. The van der Waals surface area contributed by atoms with Gasteiger partial charge in [0.1, 0.15) is 5.69 Å². The van der Waals surface area contributed by atoms with E-state index in [1.54, 1.807) is 12.1 Å². The lowest BCUT2D eigenvalue weighted by Crippen LogP contribution is -2.21. The van der Waals surface area contributed by atoms with Gasteiger partial charge in [0.05, 0.1) is 17.6 Å². The second-order valence-corrected chi connectivity index (χ2v) is 4.90. The summed E-state index contributed by atoms with van der Waals surface area (Å²) >= 11 is 0. The molecule has 0 bridgehead atoms. The Kier molecular flexibility index (Phi) is 4.74. The van der Waals surface area contributed by atoms with Crippen LogP contribution in [0.5, 0.6) is 0 Å². The maximum Gasteiger partial charge on any atom is 0.292 e. The Morgan fingerprint density at radius 2 is 2.26 bits per heavy atom. The number of nitrogens with zero attached hydrogens (tertiary/aromatic N) is 1.